The fourth-order valence-electron chi connectivity index (χ4n) is 2.37. The second-order valence-corrected chi connectivity index (χ2v) is 7.47. The zero-order chi connectivity index (χ0) is 26.8. The van der Waals surface area contributed by atoms with Gasteiger partial charge in [-0.25, -0.2) is 5.43 Å². The van der Waals surface area contributed by atoms with Crippen LogP contribution in [-0.4, -0.2) is 37.8 Å². The lowest BCUT2D eigenvalue weighted by Crippen LogP contribution is -2.37. The molecule has 0 spiro atoms. The minimum Gasteiger partial charge on any atom is -0.497 e. The summed E-state index contributed by atoms with van der Waals surface area (Å²) in [6, 6.07) is 4.53. The van der Waals surface area contributed by atoms with Gasteiger partial charge in [0.25, 0.3) is 0 Å². The lowest BCUT2D eigenvalue weighted by Gasteiger charge is -2.25. The number of nitrogens with one attached hydrogen (secondary N) is 2. The van der Waals surface area contributed by atoms with Crippen molar-refractivity contribution in [3.63, 3.8) is 0 Å². The fraction of sp³-hybridized carbons (Fsp3) is 0.481. The van der Waals surface area contributed by atoms with Gasteiger partial charge in [0.1, 0.15) is 5.75 Å². The molecular weight excluding hydrogens is 439 g/mol. The Morgan fingerprint density at radius 1 is 1.21 bits per heavy atom. The maximum absolute atomic E-state index is 12.0. The summed E-state index contributed by atoms with van der Waals surface area (Å²) in [6.45, 7) is 20.4. The zero-order valence-corrected chi connectivity index (χ0v) is 22.3. The van der Waals surface area contributed by atoms with Gasteiger partial charge < -0.3 is 15.1 Å². The Labute approximate surface area is 205 Å². The number of hydrazine groups is 1. The van der Waals surface area contributed by atoms with E-state index < -0.39 is 11.7 Å². The van der Waals surface area contributed by atoms with E-state index in [1.54, 1.807) is 0 Å². The van der Waals surface area contributed by atoms with Gasteiger partial charge in [0, 0.05) is 24.8 Å². The van der Waals surface area contributed by atoms with E-state index in [0.29, 0.717) is 5.75 Å². The molecule has 0 saturated heterocycles. The van der Waals surface area contributed by atoms with Crippen molar-refractivity contribution in [1.29, 1.82) is 0 Å². The summed E-state index contributed by atoms with van der Waals surface area (Å²) in [6.07, 6.45) is 6.04. The maximum Gasteiger partial charge on any atom is 0.416 e. The van der Waals surface area contributed by atoms with Crippen LogP contribution in [0.25, 0.3) is 0 Å². The highest BCUT2D eigenvalue weighted by Gasteiger charge is 2.29. The number of hydrogen-bond donors (Lipinski definition) is 2. The van der Waals surface area contributed by atoms with E-state index in [2.05, 4.69) is 74.5 Å². The SMILES string of the molecule is C=C/C(=C\C(C)=C/C)C(C)(C)NC.CC.CCN1C=CCN1.COc1ccc(C(F)(F)F)cc1. The summed E-state index contributed by atoms with van der Waals surface area (Å²) >= 11 is 0. The third-order valence-corrected chi connectivity index (χ3v) is 4.86. The van der Waals surface area contributed by atoms with E-state index in [1.165, 1.54) is 30.4 Å². The van der Waals surface area contributed by atoms with E-state index >= 15 is 0 Å². The highest BCUT2D eigenvalue weighted by atomic mass is 19.4. The molecule has 0 saturated carbocycles. The second-order valence-electron chi connectivity index (χ2n) is 7.47. The summed E-state index contributed by atoms with van der Waals surface area (Å²) in [4.78, 5) is 0. The average molecular weight is 484 g/mol. The van der Waals surface area contributed by atoms with Crippen LogP contribution in [0.4, 0.5) is 13.2 Å². The Balaban J connectivity index is 0. The summed E-state index contributed by atoms with van der Waals surface area (Å²) < 4.78 is 40.7. The van der Waals surface area contributed by atoms with Crippen LogP contribution < -0.4 is 15.5 Å². The number of allylic oxidation sites excluding steroid dienone is 3. The van der Waals surface area contributed by atoms with Crippen molar-refractivity contribution in [2.24, 2.45) is 0 Å². The van der Waals surface area contributed by atoms with Crippen molar-refractivity contribution in [2.75, 3.05) is 27.2 Å². The number of nitrogens with zero attached hydrogens (tertiary/aromatic N) is 1. The lowest BCUT2D eigenvalue weighted by atomic mass is 9.92. The first-order chi connectivity index (χ1) is 15.9. The molecule has 0 bridgehead atoms. The van der Waals surface area contributed by atoms with Gasteiger partial charge in [-0.15, -0.1) is 0 Å². The molecule has 0 aromatic heterocycles. The van der Waals surface area contributed by atoms with Crippen molar-refractivity contribution >= 4 is 0 Å². The van der Waals surface area contributed by atoms with Crippen LogP contribution in [0.2, 0.25) is 0 Å². The van der Waals surface area contributed by atoms with Gasteiger partial charge in [0.2, 0.25) is 0 Å². The minimum atomic E-state index is -4.27. The maximum atomic E-state index is 12.0. The molecule has 0 fully saturated rings. The Hall–Kier alpha value is -2.51. The van der Waals surface area contributed by atoms with E-state index in [1.807, 2.05) is 33.9 Å². The van der Waals surface area contributed by atoms with Crippen molar-refractivity contribution < 1.29 is 17.9 Å². The van der Waals surface area contributed by atoms with Crippen LogP contribution >= 0.6 is 0 Å². The molecule has 34 heavy (non-hydrogen) atoms. The lowest BCUT2D eigenvalue weighted by molar-refractivity contribution is -0.137. The number of ether oxygens (including phenoxy) is 1. The van der Waals surface area contributed by atoms with Gasteiger partial charge in [0.15, 0.2) is 0 Å². The highest BCUT2D eigenvalue weighted by Crippen LogP contribution is 2.30. The van der Waals surface area contributed by atoms with Crippen molar-refractivity contribution in [1.82, 2.24) is 15.8 Å². The van der Waals surface area contributed by atoms with Crippen LogP contribution in [0.15, 0.2) is 72.5 Å². The van der Waals surface area contributed by atoms with Gasteiger partial charge >= 0.3 is 6.18 Å². The first-order valence-electron chi connectivity index (χ1n) is 11.5. The first-order valence-corrected chi connectivity index (χ1v) is 11.5. The van der Waals surface area contributed by atoms with Crippen LogP contribution in [0.5, 0.6) is 5.75 Å². The molecule has 1 aromatic rings. The van der Waals surface area contributed by atoms with Crippen LogP contribution in [-0.2, 0) is 6.18 Å². The van der Waals surface area contributed by atoms with Crippen molar-refractivity contribution in [3.05, 3.63) is 78.1 Å². The average Bonchev–Trinajstić information content (AvgIpc) is 3.38. The predicted octanol–water partition coefficient (Wildman–Crippen LogP) is 7.14. The van der Waals surface area contributed by atoms with Crippen LogP contribution in [0.3, 0.4) is 0 Å². The molecule has 7 heteroatoms. The summed E-state index contributed by atoms with van der Waals surface area (Å²) in [5.41, 5.74) is 4.93. The molecule has 0 atom stereocenters. The van der Waals surface area contributed by atoms with Gasteiger partial charge in [-0.3, -0.25) is 0 Å². The molecule has 194 valence electrons. The number of likely N-dealkylation sites (N-methyl/N-ethyl adjacent to an activating group) is 1. The molecule has 0 radical (unpaired) electrons. The largest absolute Gasteiger partial charge is 0.497 e. The second kappa shape index (κ2) is 17.9. The molecule has 4 nitrogen and oxygen atoms in total. The quantitative estimate of drug-likeness (QED) is 0.422. The number of hydrogen-bond acceptors (Lipinski definition) is 4. The molecule has 1 heterocycles. The smallest absolute Gasteiger partial charge is 0.416 e. The number of methoxy groups -OCH3 is 1. The fourth-order valence-corrected chi connectivity index (χ4v) is 2.37. The molecule has 2 rings (SSSR count). The van der Waals surface area contributed by atoms with Gasteiger partial charge in [-0.05, 0) is 71.5 Å². The van der Waals surface area contributed by atoms with Crippen LogP contribution in [0.1, 0.15) is 54.0 Å². The summed E-state index contributed by atoms with van der Waals surface area (Å²) in [5.74, 6) is 0.419. The molecular formula is C27H44F3N3O. The third-order valence-electron chi connectivity index (χ3n) is 4.86. The molecule has 1 aromatic carbocycles. The third kappa shape index (κ3) is 13.9. The Morgan fingerprint density at radius 2 is 1.76 bits per heavy atom. The zero-order valence-electron chi connectivity index (χ0n) is 22.3. The number of halogens is 3. The summed E-state index contributed by atoms with van der Waals surface area (Å²) in [5, 5.41) is 5.31. The van der Waals surface area contributed by atoms with E-state index in [4.69, 9.17) is 4.74 Å². The van der Waals surface area contributed by atoms with Gasteiger partial charge in [-0.1, -0.05) is 50.3 Å². The molecule has 1 aliphatic heterocycles. The van der Waals surface area contributed by atoms with E-state index in [0.717, 1.165) is 25.2 Å². The number of rotatable bonds is 6. The molecule has 1 aliphatic rings. The van der Waals surface area contributed by atoms with E-state index in [-0.39, 0.29) is 5.54 Å². The normalized spacial score (nSPS) is 13.6. The number of alkyl halides is 3. The van der Waals surface area contributed by atoms with Crippen molar-refractivity contribution in [2.45, 2.75) is 60.2 Å². The van der Waals surface area contributed by atoms with Gasteiger partial charge in [-0.2, -0.15) is 13.2 Å². The van der Waals surface area contributed by atoms with Crippen molar-refractivity contribution in [3.8, 4) is 5.75 Å². The van der Waals surface area contributed by atoms with Crippen LogP contribution in [0, 0.1) is 0 Å². The standard InChI is InChI=1S/C12H21N.C8H7F3O.C5H10N2.C2H6/c1-7-10(3)9-11(8-2)12(4,5)13-6;1-12-7-4-2-6(3-5-7)8(9,10)11;1-2-7-5-3-4-6-7;1-2/h7-9,13H,2H2,1,3-6H3;2-5H,1H3;3,5-6H,2,4H2,1H3;1-2H3/b10-7-,11-9+;;;. The van der Waals surface area contributed by atoms with E-state index in [9.17, 15) is 13.2 Å². The topological polar surface area (TPSA) is 36.5 Å². The Bertz CT molecular complexity index is 764. The Kier molecular flexibility index (Phi) is 17.7. The predicted molar refractivity (Wildman–Crippen MR) is 140 cm³/mol. The number of benzene rings is 1. The summed E-state index contributed by atoms with van der Waals surface area (Å²) in [7, 11) is 3.37. The molecule has 0 unspecified atom stereocenters. The first kappa shape index (κ1) is 33.7. The molecule has 0 amide bonds. The minimum absolute atomic E-state index is 0.00792. The highest BCUT2D eigenvalue weighted by molar-refractivity contribution is 5.34. The Morgan fingerprint density at radius 3 is 2.06 bits per heavy atom. The molecule has 0 aliphatic carbocycles. The monoisotopic (exact) mass is 483 g/mol. The van der Waals surface area contributed by atoms with Gasteiger partial charge in [0.05, 0.1) is 12.7 Å². The molecule has 2 N–H and O–H groups in total.